The van der Waals surface area contributed by atoms with Gasteiger partial charge in [0.25, 0.3) is 0 Å². The number of aliphatic hydroxyl groups is 1. The van der Waals surface area contributed by atoms with E-state index < -0.39 is 6.10 Å². The maximum Gasteiger partial charge on any atom is 0.126 e. The Labute approximate surface area is 136 Å². The number of hydrogen-bond acceptors (Lipinski definition) is 3. The Kier molecular flexibility index (Phi) is 5.26. The topological polar surface area (TPSA) is 41.5 Å². The molecule has 0 heterocycles. The van der Waals surface area contributed by atoms with E-state index in [0.717, 1.165) is 25.8 Å². The molecule has 0 bridgehead atoms. The van der Waals surface area contributed by atoms with Crippen LogP contribution in [0.15, 0.2) is 54.6 Å². The summed E-state index contributed by atoms with van der Waals surface area (Å²) in [5.74, 6) is 0.308. The van der Waals surface area contributed by atoms with Gasteiger partial charge in [0.05, 0.1) is 0 Å². The molecule has 0 saturated heterocycles. The Morgan fingerprint density at radius 2 is 1.78 bits per heavy atom. The quantitative estimate of drug-likeness (QED) is 0.890. The van der Waals surface area contributed by atoms with E-state index in [2.05, 4.69) is 17.4 Å². The fraction of sp³-hybridized carbons (Fsp3) is 0.368. The zero-order chi connectivity index (χ0) is 16.1. The third-order valence-electron chi connectivity index (χ3n) is 4.31. The molecule has 1 aliphatic rings. The molecule has 0 spiro atoms. The molecule has 2 aromatic rings. The van der Waals surface area contributed by atoms with E-state index in [1.54, 1.807) is 12.1 Å². The van der Waals surface area contributed by atoms with Crippen LogP contribution in [0.5, 0.6) is 5.75 Å². The van der Waals surface area contributed by atoms with Crippen LogP contribution < -0.4 is 10.1 Å². The van der Waals surface area contributed by atoms with Gasteiger partial charge < -0.3 is 15.2 Å². The molecule has 1 saturated carbocycles. The van der Waals surface area contributed by atoms with Crippen LogP contribution in [0.4, 0.5) is 4.39 Å². The molecule has 3 atom stereocenters. The van der Waals surface area contributed by atoms with Crippen LogP contribution in [0.25, 0.3) is 0 Å². The summed E-state index contributed by atoms with van der Waals surface area (Å²) in [6.45, 7) is 0.728. The molecule has 0 amide bonds. The third kappa shape index (κ3) is 4.30. The minimum absolute atomic E-state index is 0.00871. The average Bonchev–Trinajstić information content (AvgIpc) is 2.58. The van der Waals surface area contributed by atoms with E-state index in [-0.39, 0.29) is 18.0 Å². The summed E-state index contributed by atoms with van der Waals surface area (Å²) >= 11 is 0. The highest BCUT2D eigenvalue weighted by Crippen LogP contribution is 2.25. The van der Waals surface area contributed by atoms with Gasteiger partial charge in [0.1, 0.15) is 23.8 Å². The number of benzene rings is 2. The van der Waals surface area contributed by atoms with Crippen LogP contribution in [-0.4, -0.2) is 23.4 Å². The van der Waals surface area contributed by atoms with E-state index in [9.17, 15) is 9.50 Å². The minimum atomic E-state index is -0.572. The van der Waals surface area contributed by atoms with Crippen LogP contribution in [0, 0.1) is 5.82 Å². The van der Waals surface area contributed by atoms with Gasteiger partial charge in [-0.25, -0.2) is 4.39 Å². The fourth-order valence-corrected chi connectivity index (χ4v) is 3.02. The van der Waals surface area contributed by atoms with Gasteiger partial charge in [-0.3, -0.25) is 0 Å². The molecule has 23 heavy (non-hydrogen) atoms. The summed E-state index contributed by atoms with van der Waals surface area (Å²) in [5, 5.41) is 14.0. The predicted octanol–water partition coefficient (Wildman–Crippen LogP) is 3.28. The van der Waals surface area contributed by atoms with Crippen molar-refractivity contribution in [2.75, 3.05) is 0 Å². The second-order valence-corrected chi connectivity index (χ2v) is 6.00. The smallest absolute Gasteiger partial charge is 0.126 e. The lowest BCUT2D eigenvalue weighted by Crippen LogP contribution is -2.50. The number of rotatable bonds is 5. The van der Waals surface area contributed by atoms with Crippen LogP contribution in [0.2, 0.25) is 0 Å². The van der Waals surface area contributed by atoms with E-state index in [1.165, 1.54) is 17.7 Å². The minimum Gasteiger partial charge on any atom is -0.488 e. The van der Waals surface area contributed by atoms with E-state index in [1.807, 2.05) is 18.2 Å². The van der Waals surface area contributed by atoms with Crippen molar-refractivity contribution >= 4 is 0 Å². The van der Waals surface area contributed by atoms with Gasteiger partial charge in [-0.1, -0.05) is 30.3 Å². The Morgan fingerprint density at radius 3 is 2.52 bits per heavy atom. The Bertz CT molecular complexity index is 603. The highest BCUT2D eigenvalue weighted by atomic mass is 19.1. The van der Waals surface area contributed by atoms with Crippen molar-refractivity contribution in [3.63, 3.8) is 0 Å². The molecule has 122 valence electrons. The van der Waals surface area contributed by atoms with Crippen LogP contribution >= 0.6 is 0 Å². The molecule has 1 aliphatic carbocycles. The fourth-order valence-electron chi connectivity index (χ4n) is 3.02. The molecule has 2 aromatic carbocycles. The lowest BCUT2D eigenvalue weighted by atomic mass is 9.89. The maximum atomic E-state index is 13.0. The zero-order valence-corrected chi connectivity index (χ0v) is 13.0. The van der Waals surface area contributed by atoms with Gasteiger partial charge in [0.15, 0.2) is 0 Å². The monoisotopic (exact) mass is 315 g/mol. The summed E-state index contributed by atoms with van der Waals surface area (Å²) in [7, 11) is 0. The van der Waals surface area contributed by atoms with Gasteiger partial charge in [-0.05, 0) is 49.1 Å². The summed E-state index contributed by atoms with van der Waals surface area (Å²) in [5.41, 5.74) is 1.20. The normalized spacial score (nSPS) is 24.3. The molecular formula is C19H22FNO2. The Balaban J connectivity index is 1.57. The maximum absolute atomic E-state index is 13.0. The first-order valence-electron chi connectivity index (χ1n) is 8.10. The summed E-state index contributed by atoms with van der Waals surface area (Å²) in [6.07, 6.45) is 1.90. The van der Waals surface area contributed by atoms with Gasteiger partial charge in [0.2, 0.25) is 0 Å². The van der Waals surface area contributed by atoms with E-state index >= 15 is 0 Å². The van der Waals surface area contributed by atoms with Gasteiger partial charge >= 0.3 is 0 Å². The number of ether oxygens (including phenoxy) is 1. The van der Waals surface area contributed by atoms with Crippen molar-refractivity contribution in [1.82, 2.24) is 5.32 Å². The lowest BCUT2D eigenvalue weighted by Gasteiger charge is -2.35. The lowest BCUT2D eigenvalue weighted by molar-refractivity contribution is -0.0157. The van der Waals surface area contributed by atoms with E-state index in [4.69, 9.17) is 4.74 Å². The average molecular weight is 315 g/mol. The van der Waals surface area contributed by atoms with Crippen molar-refractivity contribution < 1.29 is 14.2 Å². The summed E-state index contributed by atoms with van der Waals surface area (Å²) in [6, 6.07) is 16.1. The molecule has 1 fully saturated rings. The highest BCUT2D eigenvalue weighted by Gasteiger charge is 2.33. The zero-order valence-electron chi connectivity index (χ0n) is 13.0. The largest absolute Gasteiger partial charge is 0.488 e. The number of hydrogen-bond donors (Lipinski definition) is 2. The van der Waals surface area contributed by atoms with Gasteiger partial charge in [0, 0.05) is 12.6 Å². The first kappa shape index (κ1) is 16.0. The SMILES string of the molecule is O[C@@H]1[C@@H](NCc2ccccc2)CCC[C@H]1Oc1ccc(F)cc1. The van der Waals surface area contributed by atoms with Gasteiger partial charge in [-0.15, -0.1) is 0 Å². The Morgan fingerprint density at radius 1 is 1.04 bits per heavy atom. The molecule has 2 N–H and O–H groups in total. The van der Waals surface area contributed by atoms with Crippen molar-refractivity contribution in [3.05, 3.63) is 66.0 Å². The van der Waals surface area contributed by atoms with Crippen LogP contribution in [0.3, 0.4) is 0 Å². The summed E-state index contributed by atoms with van der Waals surface area (Å²) in [4.78, 5) is 0. The second kappa shape index (κ2) is 7.57. The molecule has 4 heteroatoms. The molecule has 0 aromatic heterocycles. The van der Waals surface area contributed by atoms with Crippen LogP contribution in [0.1, 0.15) is 24.8 Å². The first-order valence-corrected chi connectivity index (χ1v) is 8.10. The molecule has 0 aliphatic heterocycles. The van der Waals surface area contributed by atoms with Crippen molar-refractivity contribution in [2.45, 2.75) is 44.1 Å². The number of nitrogens with one attached hydrogen (secondary N) is 1. The van der Waals surface area contributed by atoms with Crippen molar-refractivity contribution in [3.8, 4) is 5.75 Å². The van der Waals surface area contributed by atoms with Gasteiger partial charge in [-0.2, -0.15) is 0 Å². The van der Waals surface area contributed by atoms with Crippen molar-refractivity contribution in [1.29, 1.82) is 0 Å². The second-order valence-electron chi connectivity index (χ2n) is 6.00. The third-order valence-corrected chi connectivity index (χ3v) is 4.31. The molecule has 0 unspecified atom stereocenters. The molecule has 0 radical (unpaired) electrons. The first-order chi connectivity index (χ1) is 11.2. The summed E-state index contributed by atoms with van der Waals surface area (Å²) < 4.78 is 18.8. The molecule has 3 rings (SSSR count). The van der Waals surface area contributed by atoms with Crippen molar-refractivity contribution in [2.24, 2.45) is 0 Å². The number of halogens is 1. The standard InChI is InChI=1S/C19H22FNO2/c20-15-9-11-16(12-10-15)23-18-8-4-7-17(19(18)22)21-13-14-5-2-1-3-6-14/h1-3,5-6,9-12,17-19,21-22H,4,7-8,13H2/t17-,18+,19+/m0/s1. The molecule has 3 nitrogen and oxygen atoms in total. The molecular weight excluding hydrogens is 293 g/mol. The Hall–Kier alpha value is -1.91. The van der Waals surface area contributed by atoms with Crippen LogP contribution in [-0.2, 0) is 6.54 Å². The number of aliphatic hydroxyl groups excluding tert-OH is 1. The predicted molar refractivity (Wildman–Crippen MR) is 87.7 cm³/mol. The highest BCUT2D eigenvalue weighted by molar-refractivity contribution is 5.22. The van der Waals surface area contributed by atoms with E-state index in [0.29, 0.717) is 5.75 Å².